The first-order valence-electron chi connectivity index (χ1n) is 9.39. The average Bonchev–Trinajstić information content (AvgIpc) is 2.66. The van der Waals surface area contributed by atoms with Crippen molar-refractivity contribution in [1.82, 2.24) is 10.6 Å². The van der Waals surface area contributed by atoms with Gasteiger partial charge in [0.25, 0.3) is 0 Å². The lowest BCUT2D eigenvalue weighted by atomic mass is 9.90. The van der Waals surface area contributed by atoms with Crippen LogP contribution in [0.1, 0.15) is 37.4 Å². The van der Waals surface area contributed by atoms with Gasteiger partial charge in [-0.05, 0) is 38.0 Å². The van der Waals surface area contributed by atoms with Crippen molar-refractivity contribution >= 4 is 5.96 Å². The summed E-state index contributed by atoms with van der Waals surface area (Å²) in [6.45, 7) is 5.01. The molecule has 144 valence electrons. The van der Waals surface area contributed by atoms with Crippen molar-refractivity contribution in [3.05, 3.63) is 59.7 Å². The van der Waals surface area contributed by atoms with Gasteiger partial charge in [0.15, 0.2) is 5.96 Å². The summed E-state index contributed by atoms with van der Waals surface area (Å²) in [6.07, 6.45) is 1.73. The van der Waals surface area contributed by atoms with E-state index in [1.807, 2.05) is 36.4 Å². The predicted molar refractivity (Wildman–Crippen MR) is 110 cm³/mol. The molecule has 1 aliphatic heterocycles. The fourth-order valence-corrected chi connectivity index (χ4v) is 3.52. The number of hydrogen-bond donors (Lipinski definition) is 2. The summed E-state index contributed by atoms with van der Waals surface area (Å²) < 4.78 is 11.5. The highest BCUT2D eigenvalue weighted by molar-refractivity contribution is 5.80. The molecule has 0 radical (unpaired) electrons. The molecule has 1 heterocycles. The van der Waals surface area contributed by atoms with Crippen LogP contribution in [0.25, 0.3) is 0 Å². The number of fused-ring (bicyclic) bond motifs is 1. The topological polar surface area (TPSA) is 54.9 Å². The molecule has 5 heteroatoms. The standard InChI is InChI=1S/C22H29N3O2/c1-22(2)15-18(17-10-6-8-12-20(17)27-22)25-21(23-3)24-14-13-16-9-5-7-11-19(16)26-4/h5-12,18H,13-15H2,1-4H3,(H2,23,24,25). The Balaban J connectivity index is 1.64. The number of para-hydroxylation sites is 2. The van der Waals surface area contributed by atoms with Crippen LogP contribution in [0.5, 0.6) is 11.5 Å². The van der Waals surface area contributed by atoms with Crippen LogP contribution < -0.4 is 20.1 Å². The Hall–Kier alpha value is -2.69. The smallest absolute Gasteiger partial charge is 0.191 e. The third kappa shape index (κ3) is 4.73. The van der Waals surface area contributed by atoms with Gasteiger partial charge in [-0.3, -0.25) is 4.99 Å². The van der Waals surface area contributed by atoms with Crippen molar-refractivity contribution in [3.63, 3.8) is 0 Å². The molecular formula is C22H29N3O2. The summed E-state index contributed by atoms with van der Waals surface area (Å²) in [5, 5.41) is 6.98. The summed E-state index contributed by atoms with van der Waals surface area (Å²) in [4.78, 5) is 4.40. The first-order chi connectivity index (χ1) is 13.0. The second kappa shape index (κ2) is 8.33. The van der Waals surface area contributed by atoms with E-state index in [0.717, 1.165) is 36.8 Å². The molecule has 5 nitrogen and oxygen atoms in total. The van der Waals surface area contributed by atoms with Gasteiger partial charge in [-0.2, -0.15) is 0 Å². The zero-order valence-corrected chi connectivity index (χ0v) is 16.6. The molecule has 0 amide bonds. The van der Waals surface area contributed by atoms with Gasteiger partial charge in [0.2, 0.25) is 0 Å². The molecule has 2 aromatic rings. The van der Waals surface area contributed by atoms with Crippen LogP contribution in [0.15, 0.2) is 53.5 Å². The second-order valence-electron chi connectivity index (χ2n) is 7.36. The fraction of sp³-hybridized carbons (Fsp3) is 0.409. The van der Waals surface area contributed by atoms with Gasteiger partial charge in [-0.15, -0.1) is 0 Å². The molecule has 0 bridgehead atoms. The van der Waals surface area contributed by atoms with E-state index in [0.29, 0.717) is 0 Å². The molecule has 3 rings (SSSR count). The molecular weight excluding hydrogens is 338 g/mol. The van der Waals surface area contributed by atoms with Gasteiger partial charge < -0.3 is 20.1 Å². The Morgan fingerprint density at radius 2 is 1.93 bits per heavy atom. The molecule has 2 N–H and O–H groups in total. The maximum Gasteiger partial charge on any atom is 0.191 e. The largest absolute Gasteiger partial charge is 0.496 e. The van der Waals surface area contributed by atoms with Gasteiger partial charge in [0, 0.05) is 25.6 Å². The summed E-state index contributed by atoms with van der Waals surface area (Å²) in [5.41, 5.74) is 2.13. The zero-order chi connectivity index (χ0) is 19.3. The van der Waals surface area contributed by atoms with Crippen LogP contribution in [0, 0.1) is 0 Å². The van der Waals surface area contributed by atoms with Crippen molar-refractivity contribution in [3.8, 4) is 11.5 Å². The third-order valence-electron chi connectivity index (χ3n) is 4.79. The Bertz CT molecular complexity index is 802. The number of methoxy groups -OCH3 is 1. The number of nitrogens with one attached hydrogen (secondary N) is 2. The van der Waals surface area contributed by atoms with E-state index in [9.17, 15) is 0 Å². The number of nitrogens with zero attached hydrogens (tertiary/aromatic N) is 1. The third-order valence-corrected chi connectivity index (χ3v) is 4.79. The Morgan fingerprint density at radius 3 is 2.70 bits per heavy atom. The molecule has 0 aliphatic carbocycles. The van der Waals surface area contributed by atoms with Crippen molar-refractivity contribution in [2.24, 2.45) is 4.99 Å². The van der Waals surface area contributed by atoms with E-state index in [-0.39, 0.29) is 11.6 Å². The zero-order valence-electron chi connectivity index (χ0n) is 16.6. The first kappa shape index (κ1) is 19.1. The van der Waals surface area contributed by atoms with Crippen LogP contribution in [-0.2, 0) is 6.42 Å². The Morgan fingerprint density at radius 1 is 1.19 bits per heavy atom. The number of ether oxygens (including phenoxy) is 2. The SMILES string of the molecule is CN=C(NCCc1ccccc1OC)NC1CC(C)(C)Oc2ccccc21. The average molecular weight is 367 g/mol. The van der Waals surface area contributed by atoms with Gasteiger partial charge in [0.1, 0.15) is 17.1 Å². The minimum Gasteiger partial charge on any atom is -0.496 e. The number of guanidine groups is 1. The van der Waals surface area contributed by atoms with Gasteiger partial charge in [-0.1, -0.05) is 36.4 Å². The highest BCUT2D eigenvalue weighted by Crippen LogP contribution is 2.39. The van der Waals surface area contributed by atoms with Crippen LogP contribution in [0.4, 0.5) is 0 Å². The highest BCUT2D eigenvalue weighted by atomic mass is 16.5. The number of benzene rings is 2. The molecule has 1 unspecified atom stereocenters. The monoisotopic (exact) mass is 367 g/mol. The molecule has 1 aliphatic rings. The van der Waals surface area contributed by atoms with Crippen molar-refractivity contribution in [2.45, 2.75) is 38.3 Å². The van der Waals surface area contributed by atoms with Crippen LogP contribution in [0.3, 0.4) is 0 Å². The Kier molecular flexibility index (Phi) is 5.89. The minimum atomic E-state index is -0.220. The lowest BCUT2D eigenvalue weighted by Crippen LogP contribution is -2.45. The number of aliphatic imine (C=N–C) groups is 1. The molecule has 1 atom stereocenters. The van der Waals surface area contributed by atoms with E-state index in [4.69, 9.17) is 9.47 Å². The predicted octanol–water partition coefficient (Wildman–Crippen LogP) is 3.71. The van der Waals surface area contributed by atoms with E-state index >= 15 is 0 Å². The second-order valence-corrected chi connectivity index (χ2v) is 7.36. The maximum atomic E-state index is 6.12. The van der Waals surface area contributed by atoms with Crippen LogP contribution in [-0.4, -0.2) is 32.3 Å². The van der Waals surface area contributed by atoms with E-state index in [1.165, 1.54) is 11.1 Å². The van der Waals surface area contributed by atoms with Gasteiger partial charge >= 0.3 is 0 Å². The van der Waals surface area contributed by atoms with Crippen molar-refractivity contribution < 1.29 is 9.47 Å². The first-order valence-corrected chi connectivity index (χ1v) is 9.39. The summed E-state index contributed by atoms with van der Waals surface area (Å²) in [7, 11) is 3.51. The fourth-order valence-electron chi connectivity index (χ4n) is 3.52. The highest BCUT2D eigenvalue weighted by Gasteiger charge is 2.33. The van der Waals surface area contributed by atoms with Crippen molar-refractivity contribution in [1.29, 1.82) is 0 Å². The summed E-state index contributed by atoms with van der Waals surface area (Å²) in [6, 6.07) is 16.5. The van der Waals surface area contributed by atoms with E-state index in [2.05, 4.69) is 41.6 Å². The molecule has 0 spiro atoms. The molecule has 2 aromatic carbocycles. The molecule has 27 heavy (non-hydrogen) atoms. The van der Waals surface area contributed by atoms with E-state index < -0.39 is 0 Å². The summed E-state index contributed by atoms with van der Waals surface area (Å²) in [5.74, 6) is 2.65. The molecule has 0 saturated heterocycles. The summed E-state index contributed by atoms with van der Waals surface area (Å²) >= 11 is 0. The van der Waals surface area contributed by atoms with E-state index in [1.54, 1.807) is 14.2 Å². The number of rotatable bonds is 5. The normalized spacial score (nSPS) is 18.2. The lowest BCUT2D eigenvalue weighted by molar-refractivity contribution is 0.0694. The molecule has 0 aromatic heterocycles. The maximum absolute atomic E-state index is 6.12. The molecule has 0 fully saturated rings. The quantitative estimate of drug-likeness (QED) is 0.625. The van der Waals surface area contributed by atoms with Gasteiger partial charge in [0.05, 0.1) is 13.2 Å². The van der Waals surface area contributed by atoms with Crippen LogP contribution in [0.2, 0.25) is 0 Å². The van der Waals surface area contributed by atoms with Crippen molar-refractivity contribution in [2.75, 3.05) is 20.7 Å². The Labute approximate surface area is 161 Å². The van der Waals surface area contributed by atoms with Gasteiger partial charge in [-0.25, -0.2) is 0 Å². The molecule has 0 saturated carbocycles. The van der Waals surface area contributed by atoms with Crippen LogP contribution >= 0.6 is 0 Å². The lowest BCUT2D eigenvalue weighted by Gasteiger charge is -2.38. The minimum absolute atomic E-state index is 0.155. The number of hydrogen-bond acceptors (Lipinski definition) is 3.